The number of ether oxygens (including phenoxy) is 1. The summed E-state index contributed by atoms with van der Waals surface area (Å²) in [5, 5.41) is 0.122. The van der Waals surface area contributed by atoms with Crippen molar-refractivity contribution in [3.63, 3.8) is 0 Å². The van der Waals surface area contributed by atoms with E-state index < -0.39 is 0 Å². The molecular formula is C19H20N2O2S. The summed E-state index contributed by atoms with van der Waals surface area (Å²) in [5.74, 6) is 0.833. The van der Waals surface area contributed by atoms with Crippen LogP contribution in [0.1, 0.15) is 23.7 Å². The van der Waals surface area contributed by atoms with E-state index in [2.05, 4.69) is 29.0 Å². The maximum absolute atomic E-state index is 11.6. The number of aromatic nitrogens is 1. The fourth-order valence-electron chi connectivity index (χ4n) is 2.46. The van der Waals surface area contributed by atoms with Crippen molar-refractivity contribution < 1.29 is 9.53 Å². The molecule has 0 amide bonds. The van der Waals surface area contributed by atoms with Crippen LogP contribution in [0.25, 0.3) is 0 Å². The second-order valence-electron chi connectivity index (χ2n) is 5.67. The Hall–Kier alpha value is -2.14. The van der Waals surface area contributed by atoms with E-state index in [0.717, 1.165) is 29.8 Å². The SMILES string of the molecule is CCc1ccc(CCOc2ccc(CC3N=CSC3=O)cc2)nc1. The molecule has 0 spiro atoms. The summed E-state index contributed by atoms with van der Waals surface area (Å²) in [6.45, 7) is 2.72. The van der Waals surface area contributed by atoms with Crippen LogP contribution in [0, 0.1) is 0 Å². The molecule has 24 heavy (non-hydrogen) atoms. The Morgan fingerprint density at radius 2 is 1.92 bits per heavy atom. The van der Waals surface area contributed by atoms with E-state index in [4.69, 9.17) is 4.74 Å². The molecule has 0 saturated carbocycles. The first-order chi connectivity index (χ1) is 11.7. The van der Waals surface area contributed by atoms with E-state index in [0.29, 0.717) is 13.0 Å². The highest BCUT2D eigenvalue weighted by Gasteiger charge is 2.21. The van der Waals surface area contributed by atoms with Gasteiger partial charge in [-0.15, -0.1) is 0 Å². The Balaban J connectivity index is 1.47. The van der Waals surface area contributed by atoms with Gasteiger partial charge in [0.2, 0.25) is 5.12 Å². The van der Waals surface area contributed by atoms with E-state index in [1.807, 2.05) is 30.5 Å². The number of rotatable bonds is 7. The van der Waals surface area contributed by atoms with E-state index in [9.17, 15) is 4.79 Å². The summed E-state index contributed by atoms with van der Waals surface area (Å²) in [6.07, 6.45) is 4.37. The van der Waals surface area contributed by atoms with Crippen LogP contribution in [0.5, 0.6) is 5.75 Å². The zero-order valence-corrected chi connectivity index (χ0v) is 14.5. The Morgan fingerprint density at radius 3 is 2.54 bits per heavy atom. The smallest absolute Gasteiger partial charge is 0.219 e. The van der Waals surface area contributed by atoms with E-state index in [-0.39, 0.29) is 11.2 Å². The van der Waals surface area contributed by atoms with Crippen molar-refractivity contribution in [2.75, 3.05) is 6.61 Å². The molecule has 2 heterocycles. The minimum Gasteiger partial charge on any atom is -0.493 e. The van der Waals surface area contributed by atoms with Gasteiger partial charge in [-0.2, -0.15) is 0 Å². The predicted molar refractivity (Wildman–Crippen MR) is 97.8 cm³/mol. The molecule has 0 fully saturated rings. The van der Waals surface area contributed by atoms with Gasteiger partial charge < -0.3 is 4.74 Å². The van der Waals surface area contributed by atoms with E-state index in [1.54, 1.807) is 5.55 Å². The molecule has 1 aromatic heterocycles. The van der Waals surface area contributed by atoms with Crippen LogP contribution in [0.2, 0.25) is 0 Å². The second kappa shape index (κ2) is 8.11. The molecule has 1 aliphatic heterocycles. The quantitative estimate of drug-likeness (QED) is 0.774. The molecule has 1 atom stereocenters. The zero-order valence-electron chi connectivity index (χ0n) is 13.6. The molecule has 2 aromatic rings. The van der Waals surface area contributed by atoms with Gasteiger partial charge >= 0.3 is 0 Å². The van der Waals surface area contributed by atoms with Gasteiger partial charge in [-0.3, -0.25) is 14.8 Å². The van der Waals surface area contributed by atoms with Crippen LogP contribution in [0.3, 0.4) is 0 Å². The number of hydrogen-bond donors (Lipinski definition) is 0. The molecule has 124 valence electrons. The lowest BCUT2D eigenvalue weighted by Gasteiger charge is -2.08. The molecule has 1 aliphatic rings. The van der Waals surface area contributed by atoms with Gasteiger partial charge in [0, 0.05) is 24.7 Å². The summed E-state index contributed by atoms with van der Waals surface area (Å²) in [6, 6.07) is 11.8. The highest BCUT2D eigenvalue weighted by Crippen LogP contribution is 2.20. The molecule has 3 rings (SSSR count). The molecule has 1 unspecified atom stereocenters. The first-order valence-corrected chi connectivity index (χ1v) is 9.00. The molecular weight excluding hydrogens is 320 g/mol. The number of carbonyl (C=O) groups is 1. The molecule has 0 aliphatic carbocycles. The van der Waals surface area contributed by atoms with Crippen molar-refractivity contribution >= 4 is 22.4 Å². The number of thioether (sulfide) groups is 1. The number of aryl methyl sites for hydroxylation is 1. The summed E-state index contributed by atoms with van der Waals surface area (Å²) in [5.41, 5.74) is 5.01. The van der Waals surface area contributed by atoms with Crippen molar-refractivity contribution in [2.45, 2.75) is 32.2 Å². The summed E-state index contributed by atoms with van der Waals surface area (Å²) < 4.78 is 5.77. The molecule has 0 radical (unpaired) electrons. The number of aliphatic imine (C=N–C) groups is 1. The number of nitrogens with zero attached hydrogens (tertiary/aromatic N) is 2. The van der Waals surface area contributed by atoms with Gasteiger partial charge in [0.15, 0.2) is 0 Å². The summed E-state index contributed by atoms with van der Waals surface area (Å²) in [4.78, 5) is 20.2. The van der Waals surface area contributed by atoms with Crippen molar-refractivity contribution in [1.29, 1.82) is 0 Å². The van der Waals surface area contributed by atoms with Gasteiger partial charge in [0.05, 0.1) is 12.2 Å². The number of carbonyl (C=O) groups excluding carboxylic acids is 1. The maximum Gasteiger partial charge on any atom is 0.219 e. The van der Waals surface area contributed by atoms with Gasteiger partial charge in [-0.25, -0.2) is 0 Å². The third-order valence-corrected chi connectivity index (χ3v) is 4.69. The average Bonchev–Trinajstić information content (AvgIpc) is 3.02. The van der Waals surface area contributed by atoms with Gasteiger partial charge in [-0.1, -0.05) is 25.1 Å². The Kier molecular flexibility index (Phi) is 5.64. The van der Waals surface area contributed by atoms with Crippen molar-refractivity contribution in [3.05, 3.63) is 59.4 Å². The Morgan fingerprint density at radius 1 is 1.12 bits per heavy atom. The monoisotopic (exact) mass is 340 g/mol. The lowest BCUT2D eigenvalue weighted by atomic mass is 10.1. The van der Waals surface area contributed by atoms with Crippen LogP contribution >= 0.6 is 11.8 Å². The maximum atomic E-state index is 11.6. The third-order valence-electron chi connectivity index (χ3n) is 3.96. The van der Waals surface area contributed by atoms with E-state index in [1.165, 1.54) is 17.3 Å². The van der Waals surface area contributed by atoms with Gasteiger partial charge in [-0.05, 0) is 47.5 Å². The highest BCUT2D eigenvalue weighted by molar-refractivity contribution is 8.25. The first kappa shape index (κ1) is 16.7. The van der Waals surface area contributed by atoms with Gasteiger partial charge in [0.25, 0.3) is 0 Å². The van der Waals surface area contributed by atoms with Crippen molar-refractivity contribution in [1.82, 2.24) is 4.98 Å². The van der Waals surface area contributed by atoms with Crippen LogP contribution in [0.15, 0.2) is 47.6 Å². The standard InChI is InChI=1S/C19H20N2O2S/c1-2-14-3-6-16(20-12-14)9-10-23-17-7-4-15(5-8-17)11-18-19(22)24-13-21-18/h3-8,12-13,18H,2,9-11H2,1H3. The lowest BCUT2D eigenvalue weighted by Crippen LogP contribution is -2.13. The number of benzene rings is 1. The average molecular weight is 340 g/mol. The second-order valence-corrected chi connectivity index (χ2v) is 6.51. The first-order valence-electron chi connectivity index (χ1n) is 8.12. The topological polar surface area (TPSA) is 51.5 Å². The molecule has 4 nitrogen and oxygen atoms in total. The fraction of sp³-hybridized carbons (Fsp3) is 0.316. The molecule has 0 N–H and O–H groups in total. The molecule has 0 bridgehead atoms. The Bertz CT molecular complexity index is 711. The number of pyridine rings is 1. The normalized spacial score (nSPS) is 16.5. The van der Waals surface area contributed by atoms with Crippen LogP contribution in [-0.2, 0) is 24.1 Å². The third kappa shape index (κ3) is 4.45. The van der Waals surface area contributed by atoms with Crippen molar-refractivity contribution in [3.8, 4) is 5.75 Å². The van der Waals surface area contributed by atoms with Gasteiger partial charge in [0.1, 0.15) is 11.8 Å². The molecule has 0 saturated heterocycles. The van der Waals surface area contributed by atoms with Crippen LogP contribution in [-0.4, -0.2) is 28.3 Å². The minimum absolute atomic E-state index is 0.122. The highest BCUT2D eigenvalue weighted by atomic mass is 32.2. The number of hydrogen-bond acceptors (Lipinski definition) is 5. The van der Waals surface area contributed by atoms with Crippen LogP contribution in [0.4, 0.5) is 0 Å². The van der Waals surface area contributed by atoms with Crippen molar-refractivity contribution in [2.24, 2.45) is 4.99 Å². The van der Waals surface area contributed by atoms with Crippen LogP contribution < -0.4 is 4.74 Å². The minimum atomic E-state index is -0.237. The zero-order chi connectivity index (χ0) is 16.8. The molecule has 5 heteroatoms. The van der Waals surface area contributed by atoms with E-state index >= 15 is 0 Å². The largest absolute Gasteiger partial charge is 0.493 e. The lowest BCUT2D eigenvalue weighted by molar-refractivity contribution is -0.111. The molecule has 1 aromatic carbocycles. The summed E-state index contributed by atoms with van der Waals surface area (Å²) in [7, 11) is 0. The summed E-state index contributed by atoms with van der Waals surface area (Å²) >= 11 is 1.18. The predicted octanol–water partition coefficient (Wildman–Crippen LogP) is 3.48. The fourth-order valence-corrected chi connectivity index (χ4v) is 3.07. The Labute approximate surface area is 146 Å².